The molecule has 0 radical (unpaired) electrons. The predicted octanol–water partition coefficient (Wildman–Crippen LogP) is 1.79. The van der Waals surface area contributed by atoms with Crippen LogP contribution in [0.25, 0.3) is 0 Å². The average molecular weight is 228 g/mol. The third-order valence-corrected chi connectivity index (χ3v) is 4.66. The monoisotopic (exact) mass is 228 g/mol. The molecule has 0 bridgehead atoms. The van der Waals surface area contributed by atoms with Crippen LogP contribution in [-0.2, 0) is 9.53 Å². The Hall–Kier alpha value is -0.153. The molecular formula is C12H24O2Si. The molecule has 0 N–H and O–H groups in total. The summed E-state index contributed by atoms with van der Waals surface area (Å²) in [5.74, 6) is 0.380. The van der Waals surface area contributed by atoms with Gasteiger partial charge >= 0.3 is 0 Å². The highest BCUT2D eigenvalue weighted by Gasteiger charge is 2.34. The van der Waals surface area contributed by atoms with Gasteiger partial charge in [0.1, 0.15) is 5.22 Å². The summed E-state index contributed by atoms with van der Waals surface area (Å²) in [5.41, 5.74) is 0. The third kappa shape index (κ3) is 4.07. The second-order valence-corrected chi connectivity index (χ2v) is 6.39. The number of rotatable bonds is 6. The molecule has 0 aliphatic carbocycles. The van der Waals surface area contributed by atoms with Crippen molar-refractivity contribution >= 4 is 16.0 Å². The topological polar surface area (TPSA) is 26.3 Å². The number of carbonyl (C=O) groups is 1. The van der Waals surface area contributed by atoms with Gasteiger partial charge in [-0.1, -0.05) is 26.2 Å². The molecule has 2 nitrogen and oxygen atoms in total. The highest BCUT2D eigenvalue weighted by atomic mass is 28.1. The first-order valence-corrected chi connectivity index (χ1v) is 7.36. The number of hydrogen-bond donors (Lipinski definition) is 0. The van der Waals surface area contributed by atoms with Crippen molar-refractivity contribution in [2.75, 3.05) is 6.61 Å². The lowest BCUT2D eigenvalue weighted by Gasteiger charge is -2.32. The van der Waals surface area contributed by atoms with Crippen molar-refractivity contribution in [2.45, 2.75) is 63.5 Å². The SMILES string of the molecule is CCCCCCC(=O)C1([SiH3])CCCCO1. The van der Waals surface area contributed by atoms with Crippen molar-refractivity contribution < 1.29 is 9.53 Å². The molecule has 1 heterocycles. The molecule has 3 heteroatoms. The Bertz CT molecular complexity index is 198. The first kappa shape index (κ1) is 12.9. The fourth-order valence-corrected chi connectivity index (χ4v) is 2.94. The van der Waals surface area contributed by atoms with E-state index >= 15 is 0 Å². The van der Waals surface area contributed by atoms with Crippen LogP contribution in [0.4, 0.5) is 0 Å². The van der Waals surface area contributed by atoms with Crippen molar-refractivity contribution in [1.29, 1.82) is 0 Å². The van der Waals surface area contributed by atoms with E-state index in [-0.39, 0.29) is 5.22 Å². The van der Waals surface area contributed by atoms with Crippen LogP contribution < -0.4 is 0 Å². The molecule has 0 amide bonds. The maximum Gasteiger partial charge on any atom is 0.160 e. The van der Waals surface area contributed by atoms with Crippen LogP contribution in [0.5, 0.6) is 0 Å². The van der Waals surface area contributed by atoms with E-state index in [1.165, 1.54) is 25.7 Å². The van der Waals surface area contributed by atoms with Crippen LogP contribution in [0.15, 0.2) is 0 Å². The molecule has 0 aromatic heterocycles. The average Bonchev–Trinajstić information content (AvgIpc) is 2.25. The Balaban J connectivity index is 2.25. The minimum Gasteiger partial charge on any atom is -0.372 e. The quantitative estimate of drug-likeness (QED) is 0.512. The summed E-state index contributed by atoms with van der Waals surface area (Å²) in [6.07, 6.45) is 8.76. The standard InChI is InChI=1S/C12H24O2Si/c1-2-3-4-5-8-11(13)12(15)9-6-7-10-14-12/h2-10H2,1,15H3. The molecule has 1 unspecified atom stereocenters. The predicted molar refractivity (Wildman–Crippen MR) is 66.2 cm³/mol. The number of ketones is 1. The lowest BCUT2D eigenvalue weighted by atomic mass is 10.00. The van der Waals surface area contributed by atoms with E-state index in [0.29, 0.717) is 5.78 Å². The van der Waals surface area contributed by atoms with Gasteiger partial charge in [-0.25, -0.2) is 0 Å². The van der Waals surface area contributed by atoms with Crippen molar-refractivity contribution in [2.24, 2.45) is 0 Å². The van der Waals surface area contributed by atoms with E-state index in [4.69, 9.17) is 4.74 Å². The van der Waals surface area contributed by atoms with Crippen LogP contribution in [0, 0.1) is 0 Å². The zero-order valence-electron chi connectivity index (χ0n) is 10.2. The van der Waals surface area contributed by atoms with Gasteiger partial charge in [0.25, 0.3) is 0 Å². The zero-order valence-corrected chi connectivity index (χ0v) is 12.2. The van der Waals surface area contributed by atoms with Crippen LogP contribution in [0.3, 0.4) is 0 Å². The lowest BCUT2D eigenvalue weighted by Crippen LogP contribution is -2.44. The van der Waals surface area contributed by atoms with E-state index in [1.54, 1.807) is 0 Å². The summed E-state index contributed by atoms with van der Waals surface area (Å²) in [4.78, 5) is 12.0. The van der Waals surface area contributed by atoms with Gasteiger partial charge in [-0.3, -0.25) is 4.79 Å². The minimum absolute atomic E-state index is 0.315. The van der Waals surface area contributed by atoms with Crippen LogP contribution in [-0.4, -0.2) is 27.9 Å². The number of carbonyl (C=O) groups excluding carboxylic acids is 1. The Morgan fingerprint density at radius 2 is 2.13 bits per heavy atom. The molecular weight excluding hydrogens is 204 g/mol. The molecule has 1 aliphatic heterocycles. The summed E-state index contributed by atoms with van der Waals surface area (Å²) < 4.78 is 5.70. The molecule has 1 rings (SSSR count). The van der Waals surface area contributed by atoms with Gasteiger partial charge in [0.05, 0.1) is 10.2 Å². The minimum atomic E-state index is -0.315. The fourth-order valence-electron chi connectivity index (χ4n) is 2.13. The van der Waals surface area contributed by atoms with Crippen LogP contribution >= 0.6 is 0 Å². The Kier molecular flexibility index (Phi) is 5.54. The molecule has 1 atom stereocenters. The molecule has 0 aromatic carbocycles. The number of hydrogen-bond acceptors (Lipinski definition) is 2. The third-order valence-electron chi connectivity index (χ3n) is 3.32. The first-order chi connectivity index (χ1) is 7.19. The normalized spacial score (nSPS) is 26.7. The molecule has 0 saturated carbocycles. The fraction of sp³-hybridized carbons (Fsp3) is 0.917. The molecule has 0 aromatic rings. The van der Waals surface area contributed by atoms with E-state index < -0.39 is 0 Å². The molecule has 1 saturated heterocycles. The van der Waals surface area contributed by atoms with Gasteiger partial charge in [-0.05, 0) is 25.7 Å². The maximum atomic E-state index is 12.0. The Morgan fingerprint density at radius 3 is 2.73 bits per heavy atom. The van der Waals surface area contributed by atoms with Crippen molar-refractivity contribution in [1.82, 2.24) is 0 Å². The van der Waals surface area contributed by atoms with Crippen molar-refractivity contribution in [3.63, 3.8) is 0 Å². The summed E-state index contributed by atoms with van der Waals surface area (Å²) in [7, 11) is 0.861. The van der Waals surface area contributed by atoms with Gasteiger partial charge in [-0.15, -0.1) is 0 Å². The van der Waals surface area contributed by atoms with Gasteiger partial charge in [0.15, 0.2) is 5.78 Å². The van der Waals surface area contributed by atoms with Crippen molar-refractivity contribution in [3.05, 3.63) is 0 Å². The van der Waals surface area contributed by atoms with E-state index in [9.17, 15) is 4.79 Å². The largest absolute Gasteiger partial charge is 0.372 e. The maximum absolute atomic E-state index is 12.0. The smallest absolute Gasteiger partial charge is 0.160 e. The highest BCUT2D eigenvalue weighted by molar-refractivity contribution is 6.27. The van der Waals surface area contributed by atoms with Gasteiger partial charge in [0, 0.05) is 13.0 Å². The van der Waals surface area contributed by atoms with Crippen LogP contribution in [0.1, 0.15) is 58.3 Å². The van der Waals surface area contributed by atoms with E-state index in [2.05, 4.69) is 6.92 Å². The van der Waals surface area contributed by atoms with Gasteiger partial charge in [-0.2, -0.15) is 0 Å². The molecule has 88 valence electrons. The molecule has 1 fully saturated rings. The number of unbranched alkanes of at least 4 members (excludes halogenated alkanes) is 3. The second kappa shape index (κ2) is 6.43. The second-order valence-electron chi connectivity index (χ2n) is 4.77. The summed E-state index contributed by atoms with van der Waals surface area (Å²) in [6, 6.07) is 0. The Morgan fingerprint density at radius 1 is 1.33 bits per heavy atom. The van der Waals surface area contributed by atoms with Crippen molar-refractivity contribution in [3.8, 4) is 0 Å². The summed E-state index contributed by atoms with van der Waals surface area (Å²) in [6.45, 7) is 2.99. The van der Waals surface area contributed by atoms with Gasteiger partial charge in [0.2, 0.25) is 0 Å². The highest BCUT2D eigenvalue weighted by Crippen LogP contribution is 2.24. The molecule has 15 heavy (non-hydrogen) atoms. The molecule has 1 aliphatic rings. The van der Waals surface area contributed by atoms with E-state index in [0.717, 1.165) is 42.5 Å². The zero-order chi connectivity index (χ0) is 11.1. The van der Waals surface area contributed by atoms with E-state index in [1.807, 2.05) is 0 Å². The molecule has 0 spiro atoms. The number of ether oxygens (including phenoxy) is 1. The number of Topliss-reactive ketones (excluding diaryl/α,β-unsaturated/α-hetero) is 1. The summed E-state index contributed by atoms with van der Waals surface area (Å²) >= 11 is 0. The Labute approximate surface area is 96.2 Å². The van der Waals surface area contributed by atoms with Crippen LogP contribution in [0.2, 0.25) is 0 Å². The first-order valence-electron chi connectivity index (χ1n) is 6.36. The summed E-state index contributed by atoms with van der Waals surface area (Å²) in [5, 5.41) is -0.315. The lowest BCUT2D eigenvalue weighted by molar-refractivity contribution is -0.138. The van der Waals surface area contributed by atoms with Gasteiger partial charge < -0.3 is 4.74 Å².